The monoisotopic (exact) mass is 533 g/mol. The van der Waals surface area contributed by atoms with Gasteiger partial charge < -0.3 is 25.8 Å². The van der Waals surface area contributed by atoms with Gasteiger partial charge in [0.1, 0.15) is 0 Å². The lowest BCUT2D eigenvalue weighted by atomic mass is 10.2. The minimum atomic E-state index is -4.50. The number of likely N-dealkylation sites (N-methyl/N-ethyl adjacent to an activating group) is 1. The minimum Gasteiger partial charge on any atom is -0.336 e. The molecule has 0 unspecified atom stereocenters. The highest BCUT2D eigenvalue weighted by molar-refractivity contribution is 5.90. The number of benzene rings is 2. The fourth-order valence-corrected chi connectivity index (χ4v) is 3.28. The highest BCUT2D eigenvalue weighted by Gasteiger charge is 2.30. The normalized spacial score (nSPS) is 11.8. The summed E-state index contributed by atoms with van der Waals surface area (Å²) in [5.41, 5.74) is -1.35. The molecule has 0 aliphatic heterocycles. The Morgan fingerprint density at radius 3 is 1.59 bits per heavy atom. The topological polar surface area (TPSA) is 76.7 Å². The quantitative estimate of drug-likeness (QED) is 0.342. The van der Waals surface area contributed by atoms with E-state index in [1.807, 2.05) is 13.8 Å². The van der Waals surface area contributed by atoms with E-state index in [0.717, 1.165) is 61.6 Å². The van der Waals surface area contributed by atoms with Gasteiger partial charge in [-0.3, -0.25) is 0 Å². The molecule has 0 heterocycles. The zero-order valence-corrected chi connectivity index (χ0v) is 20.3. The standard InChI is InChI=1S/C24H29F6N5O2/c1-3-34(4-2)15-16-35(22(37)33-20-11-7-18(8-12-20)24(28,29)30)14-13-31-21(36)32-19-9-5-17(6-10-19)23(25,26)27/h5-12H,3-4,13-16H2,1-2H3,(H,33,37)(H2,31,32,36). The predicted molar refractivity (Wildman–Crippen MR) is 128 cm³/mol. The van der Waals surface area contributed by atoms with Crippen molar-refractivity contribution in [1.29, 1.82) is 0 Å². The fraction of sp³-hybridized carbons (Fsp3) is 0.417. The van der Waals surface area contributed by atoms with Crippen molar-refractivity contribution in [3.8, 4) is 0 Å². The Morgan fingerprint density at radius 1 is 0.703 bits per heavy atom. The van der Waals surface area contributed by atoms with Crippen LogP contribution in [0.2, 0.25) is 0 Å². The van der Waals surface area contributed by atoms with E-state index in [0.29, 0.717) is 6.54 Å². The molecule has 37 heavy (non-hydrogen) atoms. The van der Waals surface area contributed by atoms with Gasteiger partial charge in [-0.2, -0.15) is 26.3 Å². The molecule has 0 bridgehead atoms. The predicted octanol–water partition coefficient (Wildman–Crippen LogP) is 5.72. The largest absolute Gasteiger partial charge is 0.416 e. The van der Waals surface area contributed by atoms with Gasteiger partial charge >= 0.3 is 24.4 Å². The average molecular weight is 534 g/mol. The van der Waals surface area contributed by atoms with Crippen molar-refractivity contribution in [2.45, 2.75) is 26.2 Å². The van der Waals surface area contributed by atoms with Gasteiger partial charge in [0, 0.05) is 37.6 Å². The number of hydrogen-bond donors (Lipinski definition) is 3. The third kappa shape index (κ3) is 9.83. The van der Waals surface area contributed by atoms with Crippen LogP contribution in [0.1, 0.15) is 25.0 Å². The molecule has 0 aliphatic rings. The van der Waals surface area contributed by atoms with E-state index < -0.39 is 35.5 Å². The molecule has 0 spiro atoms. The Kier molecular flexibility index (Phi) is 10.6. The van der Waals surface area contributed by atoms with Gasteiger partial charge in [0.25, 0.3) is 0 Å². The Hall–Kier alpha value is -3.48. The van der Waals surface area contributed by atoms with Crippen LogP contribution in [0.3, 0.4) is 0 Å². The fourth-order valence-electron chi connectivity index (χ4n) is 3.28. The van der Waals surface area contributed by atoms with E-state index in [2.05, 4.69) is 20.9 Å². The molecule has 2 aromatic rings. The Morgan fingerprint density at radius 2 is 1.16 bits per heavy atom. The number of nitrogens with zero attached hydrogens (tertiary/aromatic N) is 2. The molecule has 204 valence electrons. The minimum absolute atomic E-state index is 0.0190. The summed E-state index contributed by atoms with van der Waals surface area (Å²) in [6, 6.07) is 6.73. The number of carbonyl (C=O) groups is 2. The third-order valence-corrected chi connectivity index (χ3v) is 5.47. The summed E-state index contributed by atoms with van der Waals surface area (Å²) in [6.45, 7) is 6.34. The summed E-state index contributed by atoms with van der Waals surface area (Å²) in [4.78, 5) is 28.4. The summed E-state index contributed by atoms with van der Waals surface area (Å²) < 4.78 is 76.3. The van der Waals surface area contributed by atoms with Gasteiger partial charge in [-0.25, -0.2) is 9.59 Å². The highest BCUT2D eigenvalue weighted by Crippen LogP contribution is 2.30. The second kappa shape index (κ2) is 13.2. The molecule has 0 aliphatic carbocycles. The summed E-state index contributed by atoms with van der Waals surface area (Å²) in [5.74, 6) is 0. The molecule has 0 saturated carbocycles. The van der Waals surface area contributed by atoms with Gasteiger partial charge in [0.2, 0.25) is 0 Å². The molecular weight excluding hydrogens is 504 g/mol. The maximum absolute atomic E-state index is 12.8. The van der Waals surface area contributed by atoms with Crippen LogP contribution in [-0.4, -0.2) is 61.1 Å². The Bertz CT molecular complexity index is 1010. The van der Waals surface area contributed by atoms with Crippen molar-refractivity contribution in [3.63, 3.8) is 0 Å². The maximum atomic E-state index is 12.8. The molecule has 0 radical (unpaired) electrons. The van der Waals surface area contributed by atoms with Crippen LogP contribution < -0.4 is 16.0 Å². The lowest BCUT2D eigenvalue weighted by Gasteiger charge is -2.27. The summed E-state index contributed by atoms with van der Waals surface area (Å²) in [5, 5.41) is 7.50. The van der Waals surface area contributed by atoms with E-state index in [1.165, 1.54) is 4.90 Å². The van der Waals surface area contributed by atoms with E-state index in [-0.39, 0.29) is 31.0 Å². The van der Waals surface area contributed by atoms with Crippen LogP contribution in [0.5, 0.6) is 0 Å². The first-order valence-electron chi connectivity index (χ1n) is 11.5. The number of amides is 4. The van der Waals surface area contributed by atoms with Crippen molar-refractivity contribution < 1.29 is 35.9 Å². The molecule has 0 saturated heterocycles. The van der Waals surface area contributed by atoms with Crippen molar-refractivity contribution in [2.75, 3.05) is 49.9 Å². The molecule has 0 fully saturated rings. The number of halogens is 6. The second-order valence-corrected chi connectivity index (χ2v) is 7.98. The van der Waals surface area contributed by atoms with E-state index in [4.69, 9.17) is 0 Å². The number of urea groups is 2. The van der Waals surface area contributed by atoms with Crippen LogP contribution in [0.25, 0.3) is 0 Å². The first kappa shape index (κ1) is 29.7. The number of rotatable bonds is 10. The molecule has 4 amide bonds. The van der Waals surface area contributed by atoms with Crippen LogP contribution in [0, 0.1) is 0 Å². The van der Waals surface area contributed by atoms with Gasteiger partial charge in [-0.15, -0.1) is 0 Å². The third-order valence-electron chi connectivity index (χ3n) is 5.47. The first-order chi connectivity index (χ1) is 17.3. The van der Waals surface area contributed by atoms with Crippen molar-refractivity contribution >= 4 is 23.4 Å². The summed E-state index contributed by atoms with van der Waals surface area (Å²) >= 11 is 0. The molecule has 7 nitrogen and oxygen atoms in total. The molecule has 13 heteroatoms. The molecule has 2 rings (SSSR count). The zero-order chi connectivity index (χ0) is 27.6. The van der Waals surface area contributed by atoms with Gasteiger partial charge in [0.05, 0.1) is 11.1 Å². The molecular formula is C24H29F6N5O2. The maximum Gasteiger partial charge on any atom is 0.416 e. The number of carbonyl (C=O) groups excluding carboxylic acids is 2. The van der Waals surface area contributed by atoms with Crippen LogP contribution in [0.4, 0.5) is 47.3 Å². The highest BCUT2D eigenvalue weighted by atomic mass is 19.4. The van der Waals surface area contributed by atoms with E-state index in [1.54, 1.807) is 0 Å². The number of hydrogen-bond acceptors (Lipinski definition) is 3. The molecule has 0 atom stereocenters. The van der Waals surface area contributed by atoms with Gasteiger partial charge in [-0.1, -0.05) is 13.8 Å². The Labute approximate surface area is 210 Å². The number of anilines is 2. The van der Waals surface area contributed by atoms with Crippen molar-refractivity contribution in [1.82, 2.24) is 15.1 Å². The van der Waals surface area contributed by atoms with Crippen LogP contribution >= 0.6 is 0 Å². The number of nitrogens with one attached hydrogen (secondary N) is 3. The summed E-state index contributed by atoms with van der Waals surface area (Å²) in [6.07, 6.45) is -8.98. The lowest BCUT2D eigenvalue weighted by molar-refractivity contribution is -0.138. The van der Waals surface area contributed by atoms with Gasteiger partial charge in [-0.05, 0) is 61.6 Å². The molecule has 3 N–H and O–H groups in total. The van der Waals surface area contributed by atoms with Gasteiger partial charge in [0.15, 0.2) is 0 Å². The second-order valence-electron chi connectivity index (χ2n) is 7.98. The average Bonchev–Trinajstić information content (AvgIpc) is 2.83. The summed E-state index contributed by atoms with van der Waals surface area (Å²) in [7, 11) is 0. The molecule has 0 aromatic heterocycles. The SMILES string of the molecule is CCN(CC)CCN(CCNC(=O)Nc1ccc(C(F)(F)F)cc1)C(=O)Nc1ccc(C(F)(F)F)cc1. The zero-order valence-electron chi connectivity index (χ0n) is 20.3. The lowest BCUT2D eigenvalue weighted by Crippen LogP contribution is -2.45. The van der Waals surface area contributed by atoms with Crippen LogP contribution in [-0.2, 0) is 12.4 Å². The van der Waals surface area contributed by atoms with E-state index >= 15 is 0 Å². The first-order valence-corrected chi connectivity index (χ1v) is 11.5. The van der Waals surface area contributed by atoms with Crippen LogP contribution in [0.15, 0.2) is 48.5 Å². The molecule has 2 aromatic carbocycles. The van der Waals surface area contributed by atoms with E-state index in [9.17, 15) is 35.9 Å². The van der Waals surface area contributed by atoms with Crippen molar-refractivity contribution in [2.24, 2.45) is 0 Å². The smallest absolute Gasteiger partial charge is 0.336 e. The Balaban J connectivity index is 1.96. The van der Waals surface area contributed by atoms with Crippen molar-refractivity contribution in [3.05, 3.63) is 59.7 Å². The number of alkyl halides is 6.